The highest BCUT2D eigenvalue weighted by Crippen LogP contribution is 2.46. The molecule has 19 heavy (non-hydrogen) atoms. The maximum atomic E-state index is 12.7. The zero-order valence-corrected chi connectivity index (χ0v) is 11.5. The predicted octanol–water partition coefficient (Wildman–Crippen LogP) is 3.49. The number of rotatable bonds is 4. The van der Waals surface area contributed by atoms with Gasteiger partial charge in [-0.3, -0.25) is 4.79 Å². The largest absolute Gasteiger partial charge is 0.391 e. The molecule has 2 saturated carbocycles. The third-order valence-corrected chi connectivity index (χ3v) is 4.95. The number of alkyl halides is 4. The van der Waals surface area contributed by atoms with E-state index >= 15 is 0 Å². The van der Waals surface area contributed by atoms with Crippen molar-refractivity contribution in [3.05, 3.63) is 0 Å². The Morgan fingerprint density at radius 1 is 1.32 bits per heavy atom. The Morgan fingerprint density at radius 3 is 2.53 bits per heavy atom. The van der Waals surface area contributed by atoms with Gasteiger partial charge in [-0.25, -0.2) is 0 Å². The van der Waals surface area contributed by atoms with Crippen molar-refractivity contribution in [2.45, 2.75) is 44.7 Å². The average Bonchev–Trinajstić information content (AvgIpc) is 3.16. The molecule has 2 aliphatic carbocycles. The van der Waals surface area contributed by atoms with Crippen molar-refractivity contribution in [3.8, 4) is 0 Å². The van der Waals surface area contributed by atoms with Crippen molar-refractivity contribution in [1.82, 2.24) is 5.32 Å². The van der Waals surface area contributed by atoms with E-state index in [1.54, 1.807) is 0 Å². The minimum Gasteiger partial charge on any atom is -0.355 e. The number of halogens is 4. The topological polar surface area (TPSA) is 29.1 Å². The zero-order chi connectivity index (χ0) is 14.1. The van der Waals surface area contributed by atoms with Crippen LogP contribution in [-0.2, 0) is 4.79 Å². The number of amides is 1. The number of hydrogen-bond acceptors (Lipinski definition) is 1. The van der Waals surface area contributed by atoms with Gasteiger partial charge in [-0.2, -0.15) is 13.2 Å². The highest BCUT2D eigenvalue weighted by atomic mass is 35.5. The van der Waals surface area contributed by atoms with Crippen LogP contribution in [0.1, 0.15) is 38.5 Å². The molecule has 2 nitrogen and oxygen atoms in total. The van der Waals surface area contributed by atoms with Crippen LogP contribution in [-0.4, -0.2) is 24.5 Å². The fourth-order valence-corrected chi connectivity index (χ4v) is 3.04. The molecule has 0 spiro atoms. The van der Waals surface area contributed by atoms with Crippen molar-refractivity contribution in [1.29, 1.82) is 0 Å². The van der Waals surface area contributed by atoms with Gasteiger partial charge >= 0.3 is 6.18 Å². The predicted molar refractivity (Wildman–Crippen MR) is 66.9 cm³/mol. The SMILES string of the molecule is O=C(NCC1(CCl)CC1)C1CCCC(C(F)(F)F)C1. The standard InChI is InChI=1S/C13H19ClF3NO/c14-7-12(4-5-12)8-18-11(19)9-2-1-3-10(6-9)13(15,16)17/h9-10H,1-8H2,(H,18,19). The first-order valence-electron chi connectivity index (χ1n) is 6.77. The maximum Gasteiger partial charge on any atom is 0.391 e. The van der Waals surface area contributed by atoms with Gasteiger partial charge in [0.15, 0.2) is 0 Å². The van der Waals surface area contributed by atoms with Crippen LogP contribution < -0.4 is 5.32 Å². The third kappa shape index (κ3) is 3.77. The molecule has 2 atom stereocenters. The van der Waals surface area contributed by atoms with Crippen molar-refractivity contribution in [2.24, 2.45) is 17.3 Å². The van der Waals surface area contributed by atoms with Gasteiger partial charge in [0.1, 0.15) is 0 Å². The van der Waals surface area contributed by atoms with Gasteiger partial charge in [0, 0.05) is 23.8 Å². The summed E-state index contributed by atoms with van der Waals surface area (Å²) in [6.07, 6.45) is -1.07. The van der Waals surface area contributed by atoms with E-state index in [1.165, 1.54) is 0 Å². The van der Waals surface area contributed by atoms with Crippen molar-refractivity contribution >= 4 is 17.5 Å². The second-order valence-electron chi connectivity index (χ2n) is 5.95. The van der Waals surface area contributed by atoms with E-state index in [-0.39, 0.29) is 24.2 Å². The lowest BCUT2D eigenvalue weighted by Gasteiger charge is -2.30. The Labute approximate surface area is 116 Å². The lowest BCUT2D eigenvalue weighted by molar-refractivity contribution is -0.186. The second-order valence-corrected chi connectivity index (χ2v) is 6.22. The number of carbonyl (C=O) groups is 1. The number of carbonyl (C=O) groups excluding carboxylic acids is 1. The number of hydrogen-bond donors (Lipinski definition) is 1. The van der Waals surface area contributed by atoms with Crippen LogP contribution in [0.5, 0.6) is 0 Å². The number of nitrogens with one attached hydrogen (secondary N) is 1. The highest BCUT2D eigenvalue weighted by Gasteiger charge is 2.45. The lowest BCUT2D eigenvalue weighted by atomic mass is 9.80. The summed E-state index contributed by atoms with van der Waals surface area (Å²) < 4.78 is 38.0. The van der Waals surface area contributed by atoms with Gasteiger partial charge in [0.25, 0.3) is 0 Å². The summed E-state index contributed by atoms with van der Waals surface area (Å²) in [5.41, 5.74) is 0.00924. The van der Waals surface area contributed by atoms with Crippen LogP contribution in [0.2, 0.25) is 0 Å². The summed E-state index contributed by atoms with van der Waals surface area (Å²) in [6.45, 7) is 0.502. The molecule has 0 aromatic heterocycles. The normalized spacial score (nSPS) is 29.9. The molecule has 110 valence electrons. The van der Waals surface area contributed by atoms with Crippen molar-refractivity contribution in [2.75, 3.05) is 12.4 Å². The van der Waals surface area contributed by atoms with Gasteiger partial charge in [-0.1, -0.05) is 6.42 Å². The molecule has 0 radical (unpaired) electrons. The smallest absolute Gasteiger partial charge is 0.355 e. The Bertz CT molecular complexity index is 341. The Morgan fingerprint density at radius 2 is 2.00 bits per heavy atom. The van der Waals surface area contributed by atoms with E-state index < -0.39 is 18.0 Å². The minimum atomic E-state index is -4.17. The Kier molecular flexibility index (Phi) is 4.33. The molecule has 0 bridgehead atoms. The van der Waals surface area contributed by atoms with Gasteiger partial charge in [0.2, 0.25) is 5.91 Å². The summed E-state index contributed by atoms with van der Waals surface area (Å²) in [5, 5.41) is 2.79. The highest BCUT2D eigenvalue weighted by molar-refractivity contribution is 6.18. The van der Waals surface area contributed by atoms with E-state index in [0.717, 1.165) is 12.8 Å². The van der Waals surface area contributed by atoms with Crippen LogP contribution >= 0.6 is 11.6 Å². The quantitative estimate of drug-likeness (QED) is 0.791. The van der Waals surface area contributed by atoms with E-state index in [4.69, 9.17) is 11.6 Å². The molecule has 0 aromatic rings. The zero-order valence-electron chi connectivity index (χ0n) is 10.7. The van der Waals surface area contributed by atoms with Crippen LogP contribution in [0.4, 0.5) is 13.2 Å². The van der Waals surface area contributed by atoms with Gasteiger partial charge in [-0.05, 0) is 32.1 Å². The molecule has 2 rings (SSSR count). The monoisotopic (exact) mass is 297 g/mol. The summed E-state index contributed by atoms with van der Waals surface area (Å²) in [5.74, 6) is -1.54. The Balaban J connectivity index is 1.82. The summed E-state index contributed by atoms with van der Waals surface area (Å²) >= 11 is 5.81. The van der Waals surface area contributed by atoms with E-state index in [9.17, 15) is 18.0 Å². The summed E-state index contributed by atoms with van der Waals surface area (Å²) in [4.78, 5) is 11.9. The van der Waals surface area contributed by atoms with Crippen molar-refractivity contribution < 1.29 is 18.0 Å². The molecule has 0 aromatic carbocycles. The molecule has 6 heteroatoms. The van der Waals surface area contributed by atoms with Crippen LogP contribution in [0, 0.1) is 17.3 Å². The summed E-state index contributed by atoms with van der Waals surface area (Å²) in [7, 11) is 0. The first kappa shape index (κ1) is 14.9. The molecule has 2 aliphatic rings. The van der Waals surface area contributed by atoms with Gasteiger partial charge < -0.3 is 5.32 Å². The Hall–Kier alpha value is -0.450. The summed E-state index contributed by atoms with van der Waals surface area (Å²) in [6, 6.07) is 0. The van der Waals surface area contributed by atoms with Crippen molar-refractivity contribution in [3.63, 3.8) is 0 Å². The lowest BCUT2D eigenvalue weighted by Crippen LogP contribution is -2.39. The molecule has 1 N–H and O–H groups in total. The molecule has 0 aliphatic heterocycles. The molecule has 0 saturated heterocycles. The molecule has 2 fully saturated rings. The van der Waals surface area contributed by atoms with Crippen LogP contribution in [0.25, 0.3) is 0 Å². The first-order chi connectivity index (χ1) is 8.86. The van der Waals surface area contributed by atoms with Crippen LogP contribution in [0.3, 0.4) is 0 Å². The molecule has 1 amide bonds. The minimum absolute atomic E-state index is 0.00924. The molecular formula is C13H19ClF3NO. The molecular weight excluding hydrogens is 279 g/mol. The van der Waals surface area contributed by atoms with E-state index in [0.29, 0.717) is 25.3 Å². The second kappa shape index (κ2) is 5.51. The van der Waals surface area contributed by atoms with E-state index in [1.807, 2.05) is 0 Å². The van der Waals surface area contributed by atoms with Gasteiger partial charge in [-0.15, -0.1) is 11.6 Å². The van der Waals surface area contributed by atoms with Crippen LogP contribution in [0.15, 0.2) is 0 Å². The molecule has 2 unspecified atom stereocenters. The fourth-order valence-electron chi connectivity index (χ4n) is 2.68. The van der Waals surface area contributed by atoms with Gasteiger partial charge in [0.05, 0.1) is 5.92 Å². The maximum absolute atomic E-state index is 12.7. The molecule has 0 heterocycles. The third-order valence-electron chi connectivity index (χ3n) is 4.39. The van der Waals surface area contributed by atoms with E-state index in [2.05, 4.69) is 5.32 Å². The fraction of sp³-hybridized carbons (Fsp3) is 0.923. The first-order valence-corrected chi connectivity index (χ1v) is 7.30. The average molecular weight is 298 g/mol.